The third kappa shape index (κ3) is 3.87. The van der Waals surface area contributed by atoms with Gasteiger partial charge in [-0.05, 0) is 88.7 Å². The van der Waals surface area contributed by atoms with Crippen molar-refractivity contribution in [3.8, 4) is 0 Å². The molecule has 154 valence electrons. The third-order valence-electron chi connectivity index (χ3n) is 4.30. The van der Waals surface area contributed by atoms with Crippen molar-refractivity contribution < 1.29 is 28.6 Å². The highest BCUT2D eigenvalue weighted by molar-refractivity contribution is 9.15. The number of carbonyl (C=O) groups excluding carboxylic acids is 3. The number of halogens is 4. The maximum atomic E-state index is 13.0. The van der Waals surface area contributed by atoms with Crippen LogP contribution in [0.4, 0.5) is 4.79 Å². The van der Waals surface area contributed by atoms with E-state index in [9.17, 15) is 14.4 Å². The maximum Gasteiger partial charge on any atom is 0.411 e. The van der Waals surface area contributed by atoms with E-state index in [0.717, 1.165) is 14.9 Å². The van der Waals surface area contributed by atoms with Gasteiger partial charge in [-0.2, -0.15) is 0 Å². The SMILES string of the molecule is CCOC(=O)C1(C(=O)OCC)Cc2c(Br)c(Br)c(Br)c(Br)c2CN1C(=O)OC. The molecule has 0 fully saturated rings. The van der Waals surface area contributed by atoms with Gasteiger partial charge in [-0.1, -0.05) is 0 Å². The molecule has 1 aliphatic rings. The summed E-state index contributed by atoms with van der Waals surface area (Å²) in [6, 6.07) is 0. The molecular weight excluding hydrogens is 634 g/mol. The molecule has 0 saturated carbocycles. The number of fused-ring (bicyclic) bond motifs is 1. The zero-order chi connectivity index (χ0) is 21.2. The minimum absolute atomic E-state index is 0.0384. The van der Waals surface area contributed by atoms with Crippen LogP contribution in [0.1, 0.15) is 25.0 Å². The van der Waals surface area contributed by atoms with E-state index in [0.29, 0.717) is 19.0 Å². The molecule has 1 aromatic rings. The van der Waals surface area contributed by atoms with E-state index in [1.165, 1.54) is 7.11 Å². The van der Waals surface area contributed by atoms with Crippen molar-refractivity contribution in [2.45, 2.75) is 32.4 Å². The molecule has 0 unspecified atom stereocenters. The van der Waals surface area contributed by atoms with E-state index in [1.807, 2.05) is 0 Å². The minimum atomic E-state index is -2.00. The highest BCUT2D eigenvalue weighted by Crippen LogP contribution is 2.47. The largest absolute Gasteiger partial charge is 0.464 e. The first-order valence-corrected chi connectivity index (χ1v) is 11.4. The van der Waals surface area contributed by atoms with Crippen molar-refractivity contribution in [1.29, 1.82) is 0 Å². The predicted molar refractivity (Wildman–Crippen MR) is 115 cm³/mol. The van der Waals surface area contributed by atoms with Crippen LogP contribution in [0.5, 0.6) is 0 Å². The normalized spacial score (nSPS) is 14.9. The fourth-order valence-electron chi connectivity index (χ4n) is 3.00. The Kier molecular flexibility index (Phi) is 7.97. The summed E-state index contributed by atoms with van der Waals surface area (Å²) >= 11 is 14.0. The van der Waals surface area contributed by atoms with Crippen molar-refractivity contribution in [1.82, 2.24) is 4.90 Å². The van der Waals surface area contributed by atoms with Crippen LogP contribution in [0.15, 0.2) is 17.9 Å². The fourth-order valence-corrected chi connectivity index (χ4v) is 5.54. The molecule has 11 heteroatoms. The molecule has 0 atom stereocenters. The van der Waals surface area contributed by atoms with Gasteiger partial charge in [0.05, 0.1) is 26.9 Å². The van der Waals surface area contributed by atoms with Crippen LogP contribution < -0.4 is 0 Å². The van der Waals surface area contributed by atoms with Gasteiger partial charge in [-0.25, -0.2) is 14.4 Å². The van der Waals surface area contributed by atoms with E-state index >= 15 is 0 Å². The zero-order valence-corrected chi connectivity index (χ0v) is 21.6. The Morgan fingerprint density at radius 2 is 1.36 bits per heavy atom. The standard InChI is InChI=1S/C17H17Br4NO6/c1-4-27-14(23)17(15(24)28-5-2)6-8-9(7-22(17)16(25)26-3)11(19)13(21)12(20)10(8)18/h4-7H2,1-3H3. The number of amides is 1. The molecule has 1 aromatic carbocycles. The van der Waals surface area contributed by atoms with Crippen molar-refractivity contribution in [2.24, 2.45) is 0 Å². The van der Waals surface area contributed by atoms with Crippen LogP contribution in [0.3, 0.4) is 0 Å². The van der Waals surface area contributed by atoms with Gasteiger partial charge in [0.1, 0.15) is 0 Å². The van der Waals surface area contributed by atoms with Crippen molar-refractivity contribution in [2.75, 3.05) is 20.3 Å². The Hall–Kier alpha value is -0.650. The Bertz CT molecular complexity index is 811. The smallest absolute Gasteiger partial charge is 0.411 e. The molecular formula is C17H17Br4NO6. The van der Waals surface area contributed by atoms with Crippen molar-refractivity contribution >= 4 is 81.8 Å². The average molecular weight is 651 g/mol. The molecule has 0 N–H and O–H groups in total. The second kappa shape index (κ2) is 9.44. The average Bonchev–Trinajstić information content (AvgIpc) is 2.69. The van der Waals surface area contributed by atoms with Crippen molar-refractivity contribution in [3.05, 3.63) is 29.0 Å². The first-order chi connectivity index (χ1) is 13.2. The summed E-state index contributed by atoms with van der Waals surface area (Å²) in [5.41, 5.74) is -0.610. The number of rotatable bonds is 4. The van der Waals surface area contributed by atoms with E-state index in [1.54, 1.807) is 13.8 Å². The Morgan fingerprint density at radius 1 is 0.893 bits per heavy atom. The van der Waals surface area contributed by atoms with Gasteiger partial charge in [0, 0.05) is 24.3 Å². The van der Waals surface area contributed by atoms with Gasteiger partial charge >= 0.3 is 18.0 Å². The van der Waals surface area contributed by atoms with Crippen LogP contribution in [0, 0.1) is 0 Å². The summed E-state index contributed by atoms with van der Waals surface area (Å²) < 4.78 is 18.0. The zero-order valence-electron chi connectivity index (χ0n) is 15.2. The molecule has 7 nitrogen and oxygen atoms in total. The van der Waals surface area contributed by atoms with E-state index in [-0.39, 0.29) is 26.2 Å². The highest BCUT2D eigenvalue weighted by atomic mass is 79.9. The summed E-state index contributed by atoms with van der Waals surface area (Å²) in [5, 5.41) is 0. The molecule has 0 saturated heterocycles. The van der Waals surface area contributed by atoms with Crippen LogP contribution in [0.25, 0.3) is 0 Å². The lowest BCUT2D eigenvalue weighted by atomic mass is 9.82. The predicted octanol–water partition coefficient (Wildman–Crippen LogP) is 4.73. The number of hydrogen-bond acceptors (Lipinski definition) is 6. The van der Waals surface area contributed by atoms with Gasteiger partial charge in [0.15, 0.2) is 0 Å². The molecule has 0 bridgehead atoms. The Labute approximate surface area is 195 Å². The Balaban J connectivity index is 2.81. The lowest BCUT2D eigenvalue weighted by Gasteiger charge is -2.43. The quantitative estimate of drug-likeness (QED) is 0.154. The maximum absolute atomic E-state index is 13.0. The van der Waals surface area contributed by atoms with Gasteiger partial charge < -0.3 is 14.2 Å². The number of benzene rings is 1. The summed E-state index contributed by atoms with van der Waals surface area (Å²) in [5.74, 6) is -1.74. The number of nitrogens with zero attached hydrogens (tertiary/aromatic N) is 1. The molecule has 1 aliphatic heterocycles. The van der Waals surface area contributed by atoms with E-state index < -0.39 is 23.6 Å². The number of hydrogen-bond donors (Lipinski definition) is 0. The van der Waals surface area contributed by atoms with E-state index in [2.05, 4.69) is 63.7 Å². The van der Waals surface area contributed by atoms with Gasteiger partial charge in [-0.3, -0.25) is 4.90 Å². The topological polar surface area (TPSA) is 82.1 Å². The first-order valence-electron chi connectivity index (χ1n) is 8.20. The van der Waals surface area contributed by atoms with Gasteiger partial charge in [0.2, 0.25) is 5.54 Å². The van der Waals surface area contributed by atoms with Gasteiger partial charge in [-0.15, -0.1) is 0 Å². The highest BCUT2D eigenvalue weighted by Gasteiger charge is 2.59. The first kappa shape index (κ1) is 23.6. The molecule has 0 aliphatic carbocycles. The molecule has 28 heavy (non-hydrogen) atoms. The molecule has 2 rings (SSSR count). The van der Waals surface area contributed by atoms with Crippen LogP contribution in [0.2, 0.25) is 0 Å². The van der Waals surface area contributed by atoms with Crippen LogP contribution >= 0.6 is 63.7 Å². The second-order valence-corrected chi connectivity index (χ2v) is 8.92. The molecule has 0 radical (unpaired) electrons. The minimum Gasteiger partial charge on any atom is -0.464 e. The van der Waals surface area contributed by atoms with Gasteiger partial charge in [0.25, 0.3) is 0 Å². The fraction of sp³-hybridized carbons (Fsp3) is 0.471. The van der Waals surface area contributed by atoms with Crippen LogP contribution in [-0.4, -0.2) is 48.8 Å². The van der Waals surface area contributed by atoms with Crippen molar-refractivity contribution in [3.63, 3.8) is 0 Å². The van der Waals surface area contributed by atoms with Crippen LogP contribution in [-0.2, 0) is 36.8 Å². The number of methoxy groups -OCH3 is 1. The Morgan fingerprint density at radius 3 is 1.79 bits per heavy atom. The lowest BCUT2D eigenvalue weighted by Crippen LogP contribution is -2.66. The van der Waals surface area contributed by atoms with E-state index in [4.69, 9.17) is 14.2 Å². The molecule has 1 amide bonds. The molecule has 0 aromatic heterocycles. The molecule has 0 spiro atoms. The monoisotopic (exact) mass is 647 g/mol. The third-order valence-corrected chi connectivity index (χ3v) is 9.24. The lowest BCUT2D eigenvalue weighted by molar-refractivity contribution is -0.175. The summed E-state index contributed by atoms with van der Waals surface area (Å²) in [7, 11) is 1.18. The summed E-state index contributed by atoms with van der Waals surface area (Å²) in [6.45, 7) is 3.25. The molecule has 1 heterocycles. The summed E-state index contributed by atoms with van der Waals surface area (Å²) in [4.78, 5) is 39.7. The summed E-state index contributed by atoms with van der Waals surface area (Å²) in [6.07, 6.45) is -0.978. The second-order valence-electron chi connectivity index (χ2n) is 5.75. The number of ether oxygens (including phenoxy) is 3. The number of carbonyl (C=O) groups is 3. The number of esters is 2.